The molecule has 0 spiro atoms. The summed E-state index contributed by atoms with van der Waals surface area (Å²) in [6.45, 7) is 3.19. The molecule has 2 aromatic rings. The lowest BCUT2D eigenvalue weighted by Crippen LogP contribution is -2.22. The number of hydrogen-bond acceptors (Lipinski definition) is 1. The molecule has 1 unspecified atom stereocenters. The van der Waals surface area contributed by atoms with Gasteiger partial charge in [0.05, 0.1) is 6.04 Å². The SMILES string of the molecule is CCNC(C1=CCCC1)c1cccc2ccccc12. The van der Waals surface area contributed by atoms with E-state index in [-0.39, 0.29) is 0 Å². The number of likely N-dealkylation sites (N-methyl/N-ethyl adjacent to an activating group) is 1. The molecule has 0 heterocycles. The van der Waals surface area contributed by atoms with Gasteiger partial charge in [-0.1, -0.05) is 61.0 Å². The fourth-order valence-corrected chi connectivity index (χ4v) is 3.10. The predicted octanol–water partition coefficient (Wildman–Crippen LogP) is 4.60. The van der Waals surface area contributed by atoms with Crippen molar-refractivity contribution in [3.63, 3.8) is 0 Å². The van der Waals surface area contributed by atoms with Gasteiger partial charge >= 0.3 is 0 Å². The molecule has 2 aromatic carbocycles. The van der Waals surface area contributed by atoms with E-state index in [2.05, 4.69) is 60.8 Å². The standard InChI is InChI=1S/C18H21N/c1-2-19-18(15-9-3-4-10-15)17-13-7-11-14-8-5-6-12-16(14)17/h5-9,11-13,18-19H,2-4,10H2,1H3. The molecular weight excluding hydrogens is 230 g/mol. The Balaban J connectivity index is 2.09. The summed E-state index contributed by atoms with van der Waals surface area (Å²) in [5.41, 5.74) is 2.99. The lowest BCUT2D eigenvalue weighted by Gasteiger charge is -2.22. The number of benzene rings is 2. The molecule has 0 amide bonds. The first kappa shape index (κ1) is 12.4. The minimum Gasteiger partial charge on any atom is -0.307 e. The van der Waals surface area contributed by atoms with Crippen LogP contribution in [0.5, 0.6) is 0 Å². The van der Waals surface area contributed by atoms with Crippen LogP contribution in [-0.4, -0.2) is 6.54 Å². The van der Waals surface area contributed by atoms with Crippen molar-refractivity contribution in [2.75, 3.05) is 6.54 Å². The summed E-state index contributed by atoms with van der Waals surface area (Å²) in [4.78, 5) is 0. The highest BCUT2D eigenvalue weighted by atomic mass is 14.9. The van der Waals surface area contributed by atoms with Gasteiger partial charge in [0.15, 0.2) is 0 Å². The molecule has 0 fully saturated rings. The molecule has 1 aliphatic carbocycles. The fourth-order valence-electron chi connectivity index (χ4n) is 3.10. The van der Waals surface area contributed by atoms with Crippen molar-refractivity contribution in [2.45, 2.75) is 32.2 Å². The Morgan fingerprint density at radius 1 is 1.11 bits per heavy atom. The highest BCUT2D eigenvalue weighted by Gasteiger charge is 2.19. The van der Waals surface area contributed by atoms with Crippen LogP contribution < -0.4 is 5.32 Å². The van der Waals surface area contributed by atoms with Gasteiger partial charge in [-0.2, -0.15) is 0 Å². The molecule has 0 bridgehead atoms. The Bertz CT molecular complexity index is 592. The zero-order valence-corrected chi connectivity index (χ0v) is 11.5. The van der Waals surface area contributed by atoms with Gasteiger partial charge in [-0.05, 0) is 42.1 Å². The second-order valence-corrected chi connectivity index (χ2v) is 5.23. The van der Waals surface area contributed by atoms with E-state index in [1.165, 1.54) is 35.6 Å². The van der Waals surface area contributed by atoms with Crippen molar-refractivity contribution in [3.8, 4) is 0 Å². The van der Waals surface area contributed by atoms with Gasteiger partial charge in [0.1, 0.15) is 0 Å². The molecule has 1 nitrogen and oxygen atoms in total. The van der Waals surface area contributed by atoms with E-state index in [9.17, 15) is 0 Å². The monoisotopic (exact) mass is 251 g/mol. The van der Waals surface area contributed by atoms with Gasteiger partial charge in [-0.15, -0.1) is 0 Å². The highest BCUT2D eigenvalue weighted by Crippen LogP contribution is 2.34. The van der Waals surface area contributed by atoms with Gasteiger partial charge in [0.2, 0.25) is 0 Å². The second-order valence-electron chi connectivity index (χ2n) is 5.23. The van der Waals surface area contributed by atoms with Crippen LogP contribution in [0.15, 0.2) is 54.1 Å². The first-order valence-electron chi connectivity index (χ1n) is 7.30. The number of rotatable bonds is 4. The van der Waals surface area contributed by atoms with E-state index in [4.69, 9.17) is 0 Å². The molecule has 3 rings (SSSR count). The average molecular weight is 251 g/mol. The molecular formula is C18H21N. The summed E-state index contributed by atoms with van der Waals surface area (Å²) < 4.78 is 0. The summed E-state index contributed by atoms with van der Waals surface area (Å²) in [5.74, 6) is 0. The summed E-state index contributed by atoms with van der Waals surface area (Å²) in [5, 5.41) is 6.38. The number of fused-ring (bicyclic) bond motifs is 1. The Hall–Kier alpha value is -1.60. The highest BCUT2D eigenvalue weighted by molar-refractivity contribution is 5.86. The Morgan fingerprint density at radius 3 is 2.74 bits per heavy atom. The van der Waals surface area contributed by atoms with E-state index in [1.807, 2.05) is 0 Å². The van der Waals surface area contributed by atoms with Crippen molar-refractivity contribution >= 4 is 10.8 Å². The van der Waals surface area contributed by atoms with Gasteiger partial charge in [0.25, 0.3) is 0 Å². The lowest BCUT2D eigenvalue weighted by molar-refractivity contribution is 0.609. The zero-order chi connectivity index (χ0) is 13.1. The van der Waals surface area contributed by atoms with Crippen LogP contribution >= 0.6 is 0 Å². The predicted molar refractivity (Wildman–Crippen MR) is 82.3 cm³/mol. The largest absolute Gasteiger partial charge is 0.307 e. The van der Waals surface area contributed by atoms with E-state index >= 15 is 0 Å². The fraction of sp³-hybridized carbons (Fsp3) is 0.333. The van der Waals surface area contributed by atoms with Crippen LogP contribution in [-0.2, 0) is 0 Å². The van der Waals surface area contributed by atoms with E-state index < -0.39 is 0 Å². The van der Waals surface area contributed by atoms with Crippen LogP contribution in [0, 0.1) is 0 Å². The molecule has 0 aromatic heterocycles. The van der Waals surface area contributed by atoms with Crippen LogP contribution in [0.3, 0.4) is 0 Å². The average Bonchev–Trinajstić information content (AvgIpc) is 2.98. The Morgan fingerprint density at radius 2 is 1.95 bits per heavy atom. The Labute approximate surface area is 115 Å². The molecule has 1 aliphatic rings. The van der Waals surface area contributed by atoms with Crippen molar-refractivity contribution in [1.29, 1.82) is 0 Å². The van der Waals surface area contributed by atoms with Gasteiger partial charge in [0, 0.05) is 0 Å². The number of nitrogens with one attached hydrogen (secondary N) is 1. The maximum atomic E-state index is 3.66. The minimum atomic E-state index is 0.388. The first-order valence-corrected chi connectivity index (χ1v) is 7.30. The third-order valence-electron chi connectivity index (χ3n) is 3.99. The topological polar surface area (TPSA) is 12.0 Å². The molecule has 0 saturated heterocycles. The van der Waals surface area contributed by atoms with E-state index in [0.29, 0.717) is 6.04 Å². The summed E-state index contributed by atoms with van der Waals surface area (Å²) in [6, 6.07) is 15.7. The van der Waals surface area contributed by atoms with Crippen molar-refractivity contribution in [3.05, 3.63) is 59.7 Å². The maximum absolute atomic E-state index is 3.66. The van der Waals surface area contributed by atoms with Crippen molar-refractivity contribution in [2.24, 2.45) is 0 Å². The summed E-state index contributed by atoms with van der Waals surface area (Å²) >= 11 is 0. The second kappa shape index (κ2) is 5.58. The molecule has 1 atom stereocenters. The number of allylic oxidation sites excluding steroid dienone is 1. The van der Waals surface area contributed by atoms with Crippen LogP contribution in [0.1, 0.15) is 37.8 Å². The lowest BCUT2D eigenvalue weighted by atomic mass is 9.93. The minimum absolute atomic E-state index is 0.388. The third-order valence-corrected chi connectivity index (χ3v) is 3.99. The maximum Gasteiger partial charge on any atom is 0.0542 e. The van der Waals surface area contributed by atoms with E-state index in [1.54, 1.807) is 5.57 Å². The van der Waals surface area contributed by atoms with Gasteiger partial charge in [-0.25, -0.2) is 0 Å². The first-order chi connectivity index (χ1) is 9.40. The molecule has 98 valence electrons. The molecule has 19 heavy (non-hydrogen) atoms. The summed E-state index contributed by atoms with van der Waals surface area (Å²) in [7, 11) is 0. The smallest absolute Gasteiger partial charge is 0.0542 e. The van der Waals surface area contributed by atoms with Crippen LogP contribution in [0.25, 0.3) is 10.8 Å². The van der Waals surface area contributed by atoms with E-state index in [0.717, 1.165) is 6.54 Å². The number of hydrogen-bond donors (Lipinski definition) is 1. The van der Waals surface area contributed by atoms with Crippen molar-refractivity contribution in [1.82, 2.24) is 5.32 Å². The van der Waals surface area contributed by atoms with Gasteiger partial charge < -0.3 is 5.32 Å². The molecule has 0 saturated carbocycles. The normalized spacial score (nSPS) is 16.6. The molecule has 1 N–H and O–H groups in total. The quantitative estimate of drug-likeness (QED) is 0.783. The van der Waals surface area contributed by atoms with Gasteiger partial charge in [-0.3, -0.25) is 0 Å². The van der Waals surface area contributed by atoms with Crippen molar-refractivity contribution < 1.29 is 0 Å². The molecule has 1 heteroatoms. The Kier molecular flexibility index (Phi) is 3.65. The van der Waals surface area contributed by atoms with Crippen LogP contribution in [0.2, 0.25) is 0 Å². The molecule has 0 radical (unpaired) electrons. The third kappa shape index (κ3) is 2.43. The van der Waals surface area contributed by atoms with Crippen LogP contribution in [0.4, 0.5) is 0 Å². The summed E-state index contributed by atoms with van der Waals surface area (Å²) in [6.07, 6.45) is 6.21. The molecule has 0 aliphatic heterocycles. The zero-order valence-electron chi connectivity index (χ0n) is 11.5.